The lowest BCUT2D eigenvalue weighted by Gasteiger charge is -1.95. The molecule has 0 aliphatic rings. The summed E-state index contributed by atoms with van der Waals surface area (Å²) in [6.45, 7) is 0. The molecule has 3 nitrogen and oxygen atoms in total. The van der Waals surface area contributed by atoms with Gasteiger partial charge in [-0.1, -0.05) is 16.9 Å². The topological polar surface area (TPSA) is 34.5 Å². The molecule has 0 radical (unpaired) electrons. The molecule has 0 N–H and O–H groups in total. The Hall–Kier alpha value is -1.02. The molecule has 0 unspecified atom stereocenters. The maximum atomic E-state index is 12.5. The van der Waals surface area contributed by atoms with E-state index in [0.29, 0.717) is 6.42 Å². The third-order valence-corrected chi connectivity index (χ3v) is 3.94. The first-order valence-electron chi connectivity index (χ1n) is 4.95. The number of thioether (sulfide) groups is 1. The highest BCUT2D eigenvalue weighted by Crippen LogP contribution is 2.26. The molecule has 0 fully saturated rings. The molecule has 0 atom stereocenters. The fourth-order valence-electron chi connectivity index (χ4n) is 0.975. The Kier molecular flexibility index (Phi) is 6.81. The Labute approximate surface area is 111 Å². The summed E-state index contributed by atoms with van der Waals surface area (Å²) in [4.78, 5) is 9.58. The summed E-state index contributed by atoms with van der Waals surface area (Å²) >= 11 is 2.67. The summed E-state index contributed by atoms with van der Waals surface area (Å²) in [5.74, 6) is -1.12. The summed E-state index contributed by atoms with van der Waals surface area (Å²) in [5.41, 5.74) is 0. The zero-order chi connectivity index (χ0) is 13.4. The molecule has 0 aromatic carbocycles. The molecule has 0 aliphatic carbocycles. The van der Waals surface area contributed by atoms with Crippen molar-refractivity contribution in [2.24, 2.45) is 5.16 Å². The van der Waals surface area contributed by atoms with Crippen LogP contribution in [0, 0.1) is 0 Å². The van der Waals surface area contributed by atoms with E-state index < -0.39 is 11.9 Å². The maximum absolute atomic E-state index is 12.5. The van der Waals surface area contributed by atoms with E-state index in [1.54, 1.807) is 12.4 Å². The highest BCUT2D eigenvalue weighted by molar-refractivity contribution is 8.01. The Bertz CT molecular complexity index is 431. The lowest BCUT2D eigenvalue weighted by molar-refractivity contribution is 0.215. The number of thiazole rings is 1. The van der Waals surface area contributed by atoms with Gasteiger partial charge < -0.3 is 4.84 Å². The number of aromatic nitrogens is 1. The van der Waals surface area contributed by atoms with Crippen molar-refractivity contribution in [2.75, 3.05) is 12.9 Å². The molecule has 1 aromatic rings. The minimum absolute atomic E-state index is 0.238. The Morgan fingerprint density at radius 3 is 3.00 bits per heavy atom. The van der Waals surface area contributed by atoms with Crippen LogP contribution in [0.5, 0.6) is 0 Å². The number of rotatable bonds is 7. The zero-order valence-corrected chi connectivity index (χ0v) is 11.2. The van der Waals surface area contributed by atoms with Crippen LogP contribution in [0.15, 0.2) is 27.6 Å². The van der Waals surface area contributed by atoms with Crippen LogP contribution in [-0.4, -0.2) is 24.1 Å². The molecular weight excluding hydrogens is 285 g/mol. The van der Waals surface area contributed by atoms with Crippen molar-refractivity contribution in [3.05, 3.63) is 23.0 Å². The number of hydrogen-bond donors (Lipinski definition) is 0. The Morgan fingerprint density at radius 1 is 1.56 bits per heavy atom. The first-order chi connectivity index (χ1) is 8.63. The summed E-state index contributed by atoms with van der Waals surface area (Å²) in [6, 6.07) is 0. The van der Waals surface area contributed by atoms with Crippen molar-refractivity contribution >= 4 is 29.3 Å². The van der Waals surface area contributed by atoms with Crippen LogP contribution in [0.1, 0.15) is 11.3 Å². The van der Waals surface area contributed by atoms with Crippen LogP contribution >= 0.6 is 23.1 Å². The number of halogens is 3. The fraction of sp³-hybridized carbons (Fsp3) is 0.400. The maximum Gasteiger partial charge on any atom is 0.301 e. The molecule has 100 valence electrons. The summed E-state index contributed by atoms with van der Waals surface area (Å²) in [7, 11) is 1.45. The van der Waals surface area contributed by atoms with Gasteiger partial charge in [0.15, 0.2) is 5.83 Å². The number of allylic oxidation sites excluding steroid dienone is 1. The normalized spacial score (nSPS) is 10.9. The summed E-state index contributed by atoms with van der Waals surface area (Å²) in [6.07, 6.45) is 1.34. The van der Waals surface area contributed by atoms with Crippen LogP contribution in [0.2, 0.25) is 0 Å². The minimum atomic E-state index is -2.24. The molecule has 0 saturated carbocycles. The molecule has 0 spiro atoms. The lowest BCUT2D eigenvalue weighted by Crippen LogP contribution is -1.82. The van der Waals surface area contributed by atoms with Crippen LogP contribution in [0.25, 0.3) is 0 Å². The smallest absolute Gasteiger partial charge is 0.301 e. The van der Waals surface area contributed by atoms with Crippen molar-refractivity contribution in [3.8, 4) is 0 Å². The minimum Gasteiger partial charge on any atom is -0.399 e. The van der Waals surface area contributed by atoms with Crippen LogP contribution in [0.4, 0.5) is 13.2 Å². The number of oxime groups is 1. The van der Waals surface area contributed by atoms with E-state index >= 15 is 0 Å². The first-order valence-corrected chi connectivity index (χ1v) is 6.75. The number of nitrogens with zero attached hydrogens (tertiary/aromatic N) is 2. The average molecular weight is 296 g/mol. The van der Waals surface area contributed by atoms with E-state index in [-0.39, 0.29) is 12.2 Å². The van der Waals surface area contributed by atoms with E-state index in [4.69, 9.17) is 0 Å². The van der Waals surface area contributed by atoms with Gasteiger partial charge in [-0.15, -0.1) is 11.3 Å². The van der Waals surface area contributed by atoms with Crippen molar-refractivity contribution in [2.45, 2.75) is 17.2 Å². The van der Waals surface area contributed by atoms with Gasteiger partial charge in [0.05, 0.1) is 0 Å². The molecular formula is C10H11F3N2OS2. The van der Waals surface area contributed by atoms with E-state index in [2.05, 4.69) is 15.0 Å². The molecule has 0 saturated heterocycles. The van der Waals surface area contributed by atoms with Gasteiger partial charge in [-0.25, -0.2) is 9.37 Å². The van der Waals surface area contributed by atoms with Crippen molar-refractivity contribution in [1.29, 1.82) is 0 Å². The average Bonchev–Trinajstić information content (AvgIpc) is 2.77. The standard InChI is InChI=1S/C10H11F3N2OS2/c1-16-15-4-2-7-6-14-10(18-7)17-5-3-8(11)9(12)13/h4,6H,2-3,5H2,1H3/b15-4-. The van der Waals surface area contributed by atoms with E-state index in [1.165, 1.54) is 30.2 Å². The van der Waals surface area contributed by atoms with Gasteiger partial charge >= 0.3 is 6.08 Å². The second-order valence-electron chi connectivity index (χ2n) is 3.03. The van der Waals surface area contributed by atoms with Gasteiger partial charge in [0.1, 0.15) is 11.4 Å². The molecule has 1 aromatic heterocycles. The van der Waals surface area contributed by atoms with Crippen molar-refractivity contribution < 1.29 is 18.0 Å². The highest BCUT2D eigenvalue weighted by atomic mass is 32.2. The third kappa shape index (κ3) is 5.54. The van der Waals surface area contributed by atoms with Crippen molar-refractivity contribution in [1.82, 2.24) is 4.98 Å². The number of hydrogen-bond acceptors (Lipinski definition) is 5. The van der Waals surface area contributed by atoms with E-state index in [0.717, 1.165) is 9.22 Å². The Balaban J connectivity index is 2.35. The van der Waals surface area contributed by atoms with E-state index in [1.807, 2.05) is 0 Å². The molecule has 8 heteroatoms. The predicted octanol–water partition coefficient (Wildman–Crippen LogP) is 3.88. The SMILES string of the molecule is CO/N=C\Cc1cnc(SCCC(F)=C(F)F)s1. The predicted molar refractivity (Wildman–Crippen MR) is 67.0 cm³/mol. The molecule has 1 rings (SSSR count). The van der Waals surface area contributed by atoms with Gasteiger partial charge in [0, 0.05) is 35.9 Å². The molecule has 0 bridgehead atoms. The second kappa shape index (κ2) is 8.15. The lowest BCUT2D eigenvalue weighted by atomic mass is 10.4. The summed E-state index contributed by atoms with van der Waals surface area (Å²) < 4.78 is 36.8. The van der Waals surface area contributed by atoms with Gasteiger partial charge in [0.25, 0.3) is 0 Å². The monoisotopic (exact) mass is 296 g/mol. The second-order valence-corrected chi connectivity index (χ2v) is 5.49. The van der Waals surface area contributed by atoms with Crippen molar-refractivity contribution in [3.63, 3.8) is 0 Å². The van der Waals surface area contributed by atoms with Gasteiger partial charge in [-0.2, -0.15) is 8.78 Å². The van der Waals surface area contributed by atoms with Gasteiger partial charge in [-0.05, 0) is 0 Å². The highest BCUT2D eigenvalue weighted by Gasteiger charge is 2.07. The summed E-state index contributed by atoms with van der Waals surface area (Å²) in [5, 5.41) is 3.59. The molecule has 0 aliphatic heterocycles. The fourth-order valence-corrected chi connectivity index (χ4v) is 2.96. The quantitative estimate of drug-likeness (QED) is 0.435. The van der Waals surface area contributed by atoms with Gasteiger partial charge in [0.2, 0.25) is 0 Å². The first kappa shape index (κ1) is 15.0. The van der Waals surface area contributed by atoms with Crippen LogP contribution in [0.3, 0.4) is 0 Å². The Morgan fingerprint density at radius 2 is 2.33 bits per heavy atom. The zero-order valence-electron chi connectivity index (χ0n) is 9.53. The third-order valence-electron chi connectivity index (χ3n) is 1.76. The van der Waals surface area contributed by atoms with Crippen LogP contribution < -0.4 is 0 Å². The van der Waals surface area contributed by atoms with E-state index in [9.17, 15) is 13.2 Å². The van der Waals surface area contributed by atoms with Gasteiger partial charge in [-0.3, -0.25) is 0 Å². The molecule has 1 heterocycles. The van der Waals surface area contributed by atoms with Crippen LogP contribution in [-0.2, 0) is 11.3 Å². The molecule has 0 amide bonds. The largest absolute Gasteiger partial charge is 0.399 e. The molecule has 18 heavy (non-hydrogen) atoms.